The van der Waals surface area contributed by atoms with Gasteiger partial charge in [-0.3, -0.25) is 4.79 Å². The largest absolute Gasteiger partial charge is 0.378 e. The molecule has 9 heteroatoms. The average Bonchev–Trinajstić information content (AvgIpc) is 3.29. The molecule has 4 rings (SSSR count). The highest BCUT2D eigenvalue weighted by atomic mass is 16.5. The predicted molar refractivity (Wildman–Crippen MR) is 92.9 cm³/mol. The highest BCUT2D eigenvalue weighted by molar-refractivity contribution is 5.90. The zero-order valence-corrected chi connectivity index (χ0v) is 14.5. The Balaban J connectivity index is 1.78. The summed E-state index contributed by atoms with van der Waals surface area (Å²) >= 11 is 0. The first-order chi connectivity index (χ1) is 12.6. The van der Waals surface area contributed by atoms with Crippen molar-refractivity contribution >= 4 is 22.6 Å². The molecule has 3 aromatic rings. The van der Waals surface area contributed by atoms with Crippen LogP contribution in [0.4, 0.5) is 5.82 Å². The van der Waals surface area contributed by atoms with Gasteiger partial charge in [-0.1, -0.05) is 0 Å². The number of pyridine rings is 1. The Labute approximate surface area is 149 Å². The molecule has 0 spiro atoms. The van der Waals surface area contributed by atoms with E-state index in [2.05, 4.69) is 25.4 Å². The molecule has 134 valence electrons. The van der Waals surface area contributed by atoms with E-state index in [9.17, 15) is 4.79 Å². The second-order valence-electron chi connectivity index (χ2n) is 6.11. The Morgan fingerprint density at radius 3 is 3.00 bits per heavy atom. The van der Waals surface area contributed by atoms with Gasteiger partial charge in [0.25, 0.3) is 5.95 Å². The van der Waals surface area contributed by atoms with Gasteiger partial charge in [0.05, 0.1) is 24.0 Å². The molecule has 1 unspecified atom stereocenters. The van der Waals surface area contributed by atoms with E-state index in [1.165, 1.54) is 6.92 Å². The number of carbonyl (C=O) groups is 1. The molecule has 3 aromatic heterocycles. The van der Waals surface area contributed by atoms with E-state index in [0.717, 1.165) is 23.0 Å². The Morgan fingerprint density at radius 1 is 1.38 bits per heavy atom. The van der Waals surface area contributed by atoms with Crippen LogP contribution in [0.25, 0.3) is 16.9 Å². The van der Waals surface area contributed by atoms with E-state index in [0.29, 0.717) is 25.0 Å². The van der Waals surface area contributed by atoms with Crippen LogP contribution in [0.15, 0.2) is 30.7 Å². The van der Waals surface area contributed by atoms with Crippen molar-refractivity contribution in [3.63, 3.8) is 0 Å². The van der Waals surface area contributed by atoms with E-state index in [1.807, 2.05) is 6.07 Å². The van der Waals surface area contributed by atoms with E-state index >= 15 is 0 Å². The van der Waals surface area contributed by atoms with Crippen LogP contribution in [-0.4, -0.2) is 51.0 Å². The van der Waals surface area contributed by atoms with Gasteiger partial charge < -0.3 is 14.8 Å². The van der Waals surface area contributed by atoms with E-state index < -0.39 is 5.60 Å². The summed E-state index contributed by atoms with van der Waals surface area (Å²) in [7, 11) is 1.66. The van der Waals surface area contributed by atoms with Crippen LogP contribution in [0.1, 0.15) is 19.0 Å². The molecule has 0 saturated carbocycles. The molecule has 1 amide bonds. The number of amides is 1. The van der Waals surface area contributed by atoms with Gasteiger partial charge >= 0.3 is 0 Å². The van der Waals surface area contributed by atoms with Gasteiger partial charge in [0.2, 0.25) is 5.91 Å². The number of carbonyl (C=O) groups excluding carboxylic acids is 1. The zero-order valence-electron chi connectivity index (χ0n) is 14.5. The first kappa shape index (κ1) is 16.6. The number of nitrogens with one attached hydrogen (secondary N) is 1. The van der Waals surface area contributed by atoms with Crippen molar-refractivity contribution in [2.24, 2.45) is 0 Å². The fraction of sp³-hybridized carbons (Fsp3) is 0.353. The van der Waals surface area contributed by atoms with Gasteiger partial charge in [-0.2, -0.15) is 9.78 Å². The molecule has 1 aliphatic rings. The molecule has 0 aliphatic carbocycles. The third-order valence-electron chi connectivity index (χ3n) is 4.43. The van der Waals surface area contributed by atoms with Crippen LogP contribution in [0.3, 0.4) is 0 Å². The monoisotopic (exact) mass is 354 g/mol. The molecular weight excluding hydrogens is 336 g/mol. The third-order valence-corrected chi connectivity index (χ3v) is 4.43. The Bertz CT molecular complexity index is 964. The van der Waals surface area contributed by atoms with Crippen LogP contribution in [-0.2, 0) is 19.9 Å². The van der Waals surface area contributed by atoms with Gasteiger partial charge in [-0.05, 0) is 6.07 Å². The van der Waals surface area contributed by atoms with Crippen molar-refractivity contribution in [2.75, 3.05) is 25.6 Å². The first-order valence-electron chi connectivity index (χ1n) is 8.19. The summed E-state index contributed by atoms with van der Waals surface area (Å²) in [5, 5.41) is 7.86. The van der Waals surface area contributed by atoms with Gasteiger partial charge in [-0.25, -0.2) is 15.0 Å². The van der Waals surface area contributed by atoms with Crippen molar-refractivity contribution in [2.45, 2.75) is 18.9 Å². The summed E-state index contributed by atoms with van der Waals surface area (Å²) in [5.74, 6) is 0.672. The lowest BCUT2D eigenvalue weighted by atomic mass is 9.98. The number of hydrogen-bond donors (Lipinski definition) is 1. The van der Waals surface area contributed by atoms with Crippen LogP contribution in [0.2, 0.25) is 0 Å². The average molecular weight is 354 g/mol. The first-order valence-corrected chi connectivity index (χ1v) is 8.19. The normalized spacial score (nSPS) is 19.8. The van der Waals surface area contributed by atoms with E-state index in [1.54, 1.807) is 36.4 Å². The number of fused-ring (bicyclic) bond motifs is 1. The molecule has 0 bridgehead atoms. The topological polar surface area (TPSA) is 104 Å². The number of ether oxygens (including phenoxy) is 2. The van der Waals surface area contributed by atoms with Crippen LogP contribution < -0.4 is 5.32 Å². The highest BCUT2D eigenvalue weighted by Crippen LogP contribution is 2.32. The fourth-order valence-electron chi connectivity index (χ4n) is 3.05. The molecule has 9 nitrogen and oxygen atoms in total. The summed E-state index contributed by atoms with van der Waals surface area (Å²) in [5.41, 5.74) is 0.932. The molecule has 4 heterocycles. The van der Waals surface area contributed by atoms with E-state index in [-0.39, 0.29) is 5.91 Å². The van der Waals surface area contributed by atoms with Gasteiger partial charge in [0.1, 0.15) is 11.4 Å². The maximum Gasteiger partial charge on any atom is 0.251 e. The number of anilines is 1. The number of hydrogen-bond acceptors (Lipinski definition) is 7. The zero-order chi connectivity index (χ0) is 18.1. The number of rotatable bonds is 4. The Morgan fingerprint density at radius 2 is 2.27 bits per heavy atom. The molecule has 1 N–H and O–H groups in total. The molecule has 1 fully saturated rings. The minimum absolute atomic E-state index is 0.190. The fourth-order valence-corrected chi connectivity index (χ4v) is 3.05. The minimum atomic E-state index is -0.566. The molecule has 1 aliphatic heterocycles. The summed E-state index contributed by atoms with van der Waals surface area (Å²) < 4.78 is 12.8. The quantitative estimate of drug-likeness (QED) is 0.756. The molecule has 26 heavy (non-hydrogen) atoms. The smallest absolute Gasteiger partial charge is 0.251 e. The lowest BCUT2D eigenvalue weighted by Crippen LogP contribution is -2.30. The molecule has 1 saturated heterocycles. The van der Waals surface area contributed by atoms with Crippen molar-refractivity contribution in [1.82, 2.24) is 24.7 Å². The van der Waals surface area contributed by atoms with E-state index in [4.69, 9.17) is 9.47 Å². The molecular formula is C17H18N6O3. The summed E-state index contributed by atoms with van der Waals surface area (Å²) in [4.78, 5) is 24.5. The van der Waals surface area contributed by atoms with Gasteiger partial charge in [-0.15, -0.1) is 0 Å². The molecule has 0 aromatic carbocycles. The van der Waals surface area contributed by atoms with Crippen LogP contribution in [0.5, 0.6) is 0 Å². The predicted octanol–water partition coefficient (Wildman–Crippen LogP) is 1.43. The summed E-state index contributed by atoms with van der Waals surface area (Å²) in [6.07, 6.45) is 5.74. The lowest BCUT2D eigenvalue weighted by molar-refractivity contribution is -0.114. The van der Waals surface area contributed by atoms with Crippen molar-refractivity contribution < 1.29 is 14.3 Å². The van der Waals surface area contributed by atoms with Gasteiger partial charge in [0, 0.05) is 50.9 Å². The summed E-state index contributed by atoms with van der Waals surface area (Å²) in [6.45, 7) is 2.52. The SMILES string of the molecule is COC1(c2ccnc(-n3ncc4cnc(NC(C)=O)cc43)n2)CCOC1. The highest BCUT2D eigenvalue weighted by Gasteiger charge is 2.38. The van der Waals surface area contributed by atoms with Crippen LogP contribution in [0, 0.1) is 0 Å². The Hall–Kier alpha value is -2.91. The van der Waals surface area contributed by atoms with Crippen LogP contribution >= 0.6 is 0 Å². The number of methoxy groups -OCH3 is 1. The van der Waals surface area contributed by atoms with Crippen molar-refractivity contribution in [3.05, 3.63) is 36.4 Å². The molecule has 1 atom stereocenters. The minimum Gasteiger partial charge on any atom is -0.378 e. The maximum atomic E-state index is 11.3. The lowest BCUT2D eigenvalue weighted by Gasteiger charge is -2.25. The number of aromatic nitrogens is 5. The number of nitrogens with zero attached hydrogens (tertiary/aromatic N) is 5. The Kier molecular flexibility index (Phi) is 4.09. The summed E-state index contributed by atoms with van der Waals surface area (Å²) in [6, 6.07) is 3.57. The van der Waals surface area contributed by atoms with Crippen molar-refractivity contribution in [3.8, 4) is 5.95 Å². The third kappa shape index (κ3) is 2.80. The second kappa shape index (κ2) is 6.43. The maximum absolute atomic E-state index is 11.3. The standard InChI is InChI=1S/C17H18N6O3/c1-11(24)21-15-7-13-12(8-19-15)9-20-23(13)16-18-5-3-14(22-16)17(25-2)4-6-26-10-17/h3,5,7-9H,4,6,10H2,1-2H3,(H,19,21,24). The molecule has 0 radical (unpaired) electrons. The van der Waals surface area contributed by atoms with Crippen molar-refractivity contribution in [1.29, 1.82) is 0 Å². The van der Waals surface area contributed by atoms with Gasteiger partial charge in [0.15, 0.2) is 0 Å². The second-order valence-corrected chi connectivity index (χ2v) is 6.11.